The molecule has 0 unspecified atom stereocenters. The van der Waals surface area contributed by atoms with E-state index < -0.39 is 0 Å². The van der Waals surface area contributed by atoms with Crippen molar-refractivity contribution in [3.63, 3.8) is 0 Å². The smallest absolute Gasteiger partial charge is 0.336 e. The first-order valence-electron chi connectivity index (χ1n) is 8.49. The van der Waals surface area contributed by atoms with Crippen molar-refractivity contribution in [1.29, 1.82) is 0 Å². The summed E-state index contributed by atoms with van der Waals surface area (Å²) in [4.78, 5) is 11.9. The predicted molar refractivity (Wildman–Crippen MR) is 101 cm³/mol. The lowest BCUT2D eigenvalue weighted by molar-refractivity contribution is 0.282. The number of fused-ring (bicyclic) bond motifs is 1. The number of aliphatic hydroxyl groups excluding tert-OH is 1. The van der Waals surface area contributed by atoms with Crippen LogP contribution < -0.4 is 10.9 Å². The molecule has 4 heteroatoms. The molecule has 2 N–H and O–H groups in total. The fraction of sp³-hybridized carbons (Fsp3) is 0.286. The quantitative estimate of drug-likeness (QED) is 0.680. The molecule has 3 rings (SSSR count). The number of nitrogens with one attached hydrogen (secondary N) is 1. The monoisotopic (exact) mass is 337 g/mol. The van der Waals surface area contributed by atoms with Crippen LogP contribution in [0.15, 0.2) is 51.7 Å². The fourth-order valence-electron chi connectivity index (χ4n) is 3.14. The van der Waals surface area contributed by atoms with Gasteiger partial charge in [0, 0.05) is 23.7 Å². The van der Waals surface area contributed by atoms with Crippen molar-refractivity contribution in [2.45, 2.75) is 39.8 Å². The first-order valence-corrected chi connectivity index (χ1v) is 8.49. The van der Waals surface area contributed by atoms with E-state index in [-0.39, 0.29) is 12.2 Å². The molecule has 1 heterocycles. The largest absolute Gasteiger partial charge is 0.423 e. The van der Waals surface area contributed by atoms with Crippen LogP contribution in [0.5, 0.6) is 0 Å². The van der Waals surface area contributed by atoms with E-state index in [0.29, 0.717) is 18.0 Å². The van der Waals surface area contributed by atoms with Gasteiger partial charge in [-0.05, 0) is 59.4 Å². The van der Waals surface area contributed by atoms with Crippen LogP contribution in [0.25, 0.3) is 11.0 Å². The topological polar surface area (TPSA) is 62.5 Å². The molecule has 0 saturated carbocycles. The summed E-state index contributed by atoms with van der Waals surface area (Å²) in [6, 6.07) is 13.2. The van der Waals surface area contributed by atoms with E-state index in [0.717, 1.165) is 27.8 Å². The van der Waals surface area contributed by atoms with Gasteiger partial charge in [-0.25, -0.2) is 4.79 Å². The molecule has 0 bridgehead atoms. The number of benzene rings is 2. The minimum Gasteiger partial charge on any atom is -0.423 e. The summed E-state index contributed by atoms with van der Waals surface area (Å²) in [5.74, 6) is 0.401. The third-order valence-electron chi connectivity index (χ3n) is 4.43. The van der Waals surface area contributed by atoms with Gasteiger partial charge in [-0.2, -0.15) is 0 Å². The Balaban J connectivity index is 1.99. The summed E-state index contributed by atoms with van der Waals surface area (Å²) in [5.41, 5.74) is 5.32. The molecule has 0 aliphatic heterocycles. The summed E-state index contributed by atoms with van der Waals surface area (Å²) in [6.07, 6.45) is 0. The molecule has 0 aliphatic rings. The molecule has 0 aliphatic carbocycles. The van der Waals surface area contributed by atoms with Crippen molar-refractivity contribution in [1.82, 2.24) is 0 Å². The lowest BCUT2D eigenvalue weighted by Gasteiger charge is -2.14. The van der Waals surface area contributed by atoms with E-state index in [4.69, 9.17) is 4.42 Å². The highest BCUT2D eigenvalue weighted by Crippen LogP contribution is 2.27. The summed E-state index contributed by atoms with van der Waals surface area (Å²) in [6.45, 7) is 6.87. The number of hydrogen-bond donors (Lipinski definition) is 2. The van der Waals surface area contributed by atoms with Gasteiger partial charge in [0.2, 0.25) is 0 Å². The van der Waals surface area contributed by atoms with Crippen molar-refractivity contribution in [3.8, 4) is 0 Å². The predicted octanol–water partition coefficient (Wildman–Crippen LogP) is 4.33. The lowest BCUT2D eigenvalue weighted by Crippen LogP contribution is -2.07. The molecule has 0 atom stereocenters. The van der Waals surface area contributed by atoms with E-state index in [1.165, 1.54) is 5.56 Å². The minimum absolute atomic E-state index is 0.00437. The van der Waals surface area contributed by atoms with E-state index in [2.05, 4.69) is 25.2 Å². The van der Waals surface area contributed by atoms with Crippen LogP contribution in [-0.4, -0.2) is 5.11 Å². The first kappa shape index (κ1) is 17.2. The van der Waals surface area contributed by atoms with Crippen LogP contribution >= 0.6 is 0 Å². The van der Waals surface area contributed by atoms with Crippen molar-refractivity contribution in [2.75, 3.05) is 5.32 Å². The zero-order valence-electron chi connectivity index (χ0n) is 14.8. The molecule has 130 valence electrons. The molecule has 0 amide bonds. The van der Waals surface area contributed by atoms with E-state index in [1.54, 1.807) is 6.07 Å². The van der Waals surface area contributed by atoms with Gasteiger partial charge in [0.25, 0.3) is 0 Å². The van der Waals surface area contributed by atoms with Crippen molar-refractivity contribution < 1.29 is 9.52 Å². The normalized spacial score (nSPS) is 11.2. The molecule has 0 saturated heterocycles. The van der Waals surface area contributed by atoms with Crippen LogP contribution in [0.3, 0.4) is 0 Å². The van der Waals surface area contributed by atoms with Gasteiger partial charge in [-0.1, -0.05) is 26.0 Å². The SMILES string of the molecule is Cc1cc2oc(=O)cc(CNc3cccc(CO)c3)c2cc1C(C)C. The Labute approximate surface area is 147 Å². The molecule has 3 aromatic rings. The third-order valence-corrected chi connectivity index (χ3v) is 4.43. The highest BCUT2D eigenvalue weighted by molar-refractivity contribution is 5.82. The number of rotatable bonds is 5. The Morgan fingerprint density at radius 3 is 2.68 bits per heavy atom. The average molecular weight is 337 g/mol. The third kappa shape index (κ3) is 3.74. The summed E-state index contributed by atoms with van der Waals surface area (Å²) < 4.78 is 5.39. The minimum atomic E-state index is -0.342. The second kappa shape index (κ2) is 7.11. The number of hydrogen-bond acceptors (Lipinski definition) is 4. The average Bonchev–Trinajstić information content (AvgIpc) is 2.58. The molecule has 25 heavy (non-hydrogen) atoms. The highest BCUT2D eigenvalue weighted by atomic mass is 16.4. The first-order chi connectivity index (χ1) is 12.0. The standard InChI is InChI=1S/C21H23NO3/c1-13(2)18-10-19-16(9-21(24)25-20(19)7-14(18)3)11-22-17-6-4-5-15(8-17)12-23/h4-10,13,22-23H,11-12H2,1-3H3. The summed E-state index contributed by atoms with van der Waals surface area (Å²) in [7, 11) is 0. The van der Waals surface area contributed by atoms with Crippen LogP contribution in [0.4, 0.5) is 5.69 Å². The van der Waals surface area contributed by atoms with Gasteiger partial charge in [0.15, 0.2) is 0 Å². The Morgan fingerprint density at radius 1 is 1.16 bits per heavy atom. The Kier molecular flexibility index (Phi) is 4.91. The van der Waals surface area contributed by atoms with Gasteiger partial charge in [-0.3, -0.25) is 0 Å². The van der Waals surface area contributed by atoms with Gasteiger partial charge in [0.1, 0.15) is 5.58 Å². The number of anilines is 1. The molecule has 1 aromatic heterocycles. The molecule has 0 spiro atoms. The van der Waals surface area contributed by atoms with Crippen LogP contribution in [0.1, 0.15) is 42.0 Å². The summed E-state index contributed by atoms with van der Waals surface area (Å²) in [5, 5.41) is 13.5. The van der Waals surface area contributed by atoms with Crippen molar-refractivity contribution in [3.05, 3.63) is 75.1 Å². The molecular formula is C21H23NO3. The molecule has 0 radical (unpaired) electrons. The van der Waals surface area contributed by atoms with Gasteiger partial charge < -0.3 is 14.8 Å². The van der Waals surface area contributed by atoms with Gasteiger partial charge in [-0.15, -0.1) is 0 Å². The van der Waals surface area contributed by atoms with E-state index in [9.17, 15) is 9.90 Å². The Bertz CT molecular complexity index is 957. The van der Waals surface area contributed by atoms with Gasteiger partial charge in [0.05, 0.1) is 6.61 Å². The van der Waals surface area contributed by atoms with Crippen LogP contribution in [0.2, 0.25) is 0 Å². The number of aryl methyl sites for hydroxylation is 1. The molecule has 2 aromatic carbocycles. The van der Waals surface area contributed by atoms with E-state index in [1.807, 2.05) is 37.3 Å². The second-order valence-electron chi connectivity index (χ2n) is 6.66. The van der Waals surface area contributed by atoms with Crippen molar-refractivity contribution in [2.24, 2.45) is 0 Å². The van der Waals surface area contributed by atoms with Crippen LogP contribution in [0, 0.1) is 6.92 Å². The van der Waals surface area contributed by atoms with E-state index >= 15 is 0 Å². The summed E-state index contributed by atoms with van der Waals surface area (Å²) >= 11 is 0. The zero-order chi connectivity index (χ0) is 18.0. The molecule has 0 fully saturated rings. The second-order valence-corrected chi connectivity index (χ2v) is 6.66. The fourth-order valence-corrected chi connectivity index (χ4v) is 3.14. The maximum absolute atomic E-state index is 11.9. The maximum Gasteiger partial charge on any atom is 0.336 e. The van der Waals surface area contributed by atoms with Crippen molar-refractivity contribution >= 4 is 16.7 Å². The van der Waals surface area contributed by atoms with Gasteiger partial charge >= 0.3 is 5.63 Å². The Morgan fingerprint density at radius 2 is 1.96 bits per heavy atom. The highest BCUT2D eigenvalue weighted by Gasteiger charge is 2.11. The Hall–Kier alpha value is -2.59. The zero-order valence-corrected chi connectivity index (χ0v) is 14.8. The number of aliphatic hydroxyl groups is 1. The molecule has 4 nitrogen and oxygen atoms in total. The maximum atomic E-state index is 11.9. The molecular weight excluding hydrogens is 314 g/mol. The lowest BCUT2D eigenvalue weighted by atomic mass is 9.95. The van der Waals surface area contributed by atoms with Crippen LogP contribution in [-0.2, 0) is 13.2 Å².